The molecule has 0 atom stereocenters. The maximum Gasteiger partial charge on any atom is 0.335 e. The molecule has 13 heavy (non-hydrogen) atoms. The Hall–Kier alpha value is -1.13. The molecule has 1 aromatic carbocycles. The van der Waals surface area contributed by atoms with Gasteiger partial charge in [0.2, 0.25) is 0 Å². The molecule has 0 saturated carbocycles. The second-order valence-electron chi connectivity index (χ2n) is 2.40. The summed E-state index contributed by atoms with van der Waals surface area (Å²) in [6.45, 7) is 0. The van der Waals surface area contributed by atoms with Crippen LogP contribution in [0.15, 0.2) is 24.3 Å². The van der Waals surface area contributed by atoms with E-state index in [-0.39, 0.29) is 0 Å². The first-order chi connectivity index (χ1) is 5.96. The molecule has 72 valence electrons. The van der Waals surface area contributed by atoms with Gasteiger partial charge in [0.25, 0.3) is 0 Å². The van der Waals surface area contributed by atoms with Gasteiger partial charge in [-0.3, -0.25) is 0 Å². The van der Waals surface area contributed by atoms with Crippen LogP contribution in [0.3, 0.4) is 0 Å². The molecule has 0 fully saturated rings. The average molecular weight is 196 g/mol. The molecule has 0 saturated heterocycles. The summed E-state index contributed by atoms with van der Waals surface area (Å²) < 4.78 is 61.3. The van der Waals surface area contributed by atoms with Crippen molar-refractivity contribution in [3.63, 3.8) is 0 Å². The molecule has 0 radical (unpaired) electrons. The molecule has 0 aromatic heterocycles. The fourth-order valence-corrected chi connectivity index (χ4v) is 0.849. The highest BCUT2D eigenvalue weighted by Gasteiger charge is 2.44. The minimum absolute atomic E-state index is 0.640. The van der Waals surface area contributed by atoms with E-state index in [0.717, 1.165) is 12.1 Å². The van der Waals surface area contributed by atoms with Gasteiger partial charge in [0, 0.05) is 0 Å². The van der Waals surface area contributed by atoms with Crippen LogP contribution in [0, 0.1) is 5.82 Å². The summed E-state index contributed by atoms with van der Waals surface area (Å²) in [5, 5.41) is 0. The smallest absolute Gasteiger partial charge is 0.206 e. The van der Waals surface area contributed by atoms with E-state index in [9.17, 15) is 22.0 Å². The molecule has 0 nitrogen and oxygen atoms in total. The Labute approximate surface area is 71.0 Å². The van der Waals surface area contributed by atoms with Crippen LogP contribution in [0.2, 0.25) is 0 Å². The molecule has 1 rings (SSSR count). The zero-order valence-corrected chi connectivity index (χ0v) is 6.28. The van der Waals surface area contributed by atoms with E-state index >= 15 is 0 Å². The van der Waals surface area contributed by atoms with Crippen molar-refractivity contribution >= 4 is 0 Å². The van der Waals surface area contributed by atoms with Crippen LogP contribution >= 0.6 is 0 Å². The van der Waals surface area contributed by atoms with Crippen molar-refractivity contribution in [3.05, 3.63) is 35.6 Å². The van der Waals surface area contributed by atoms with Crippen LogP contribution in [0.25, 0.3) is 0 Å². The molecule has 0 heterocycles. The van der Waals surface area contributed by atoms with Crippen LogP contribution in [0.5, 0.6) is 0 Å². The predicted octanol–water partition coefficient (Wildman–Crippen LogP) is 3.18. The summed E-state index contributed by atoms with van der Waals surface area (Å²) >= 11 is 0. The van der Waals surface area contributed by atoms with Gasteiger partial charge in [-0.2, -0.15) is 8.78 Å². The third-order valence-electron chi connectivity index (χ3n) is 1.51. The summed E-state index contributed by atoms with van der Waals surface area (Å²) in [6, 6.07) is 3.59. The molecule has 0 N–H and O–H groups in total. The van der Waals surface area contributed by atoms with E-state index in [1.807, 2.05) is 0 Å². The van der Waals surface area contributed by atoms with Gasteiger partial charge in [0.1, 0.15) is 5.82 Å². The van der Waals surface area contributed by atoms with Gasteiger partial charge in [-0.05, 0) is 12.1 Å². The molecular weight excluding hydrogens is 191 g/mol. The van der Waals surface area contributed by atoms with Gasteiger partial charge in [-0.1, -0.05) is 12.1 Å². The van der Waals surface area contributed by atoms with E-state index in [4.69, 9.17) is 0 Å². The van der Waals surface area contributed by atoms with Crippen LogP contribution < -0.4 is 0 Å². The quantitative estimate of drug-likeness (QED) is 0.637. The molecule has 0 unspecified atom stereocenters. The molecule has 0 bridgehead atoms. The van der Waals surface area contributed by atoms with Gasteiger partial charge < -0.3 is 0 Å². The Bertz CT molecular complexity index is 294. The van der Waals surface area contributed by atoms with E-state index in [1.165, 1.54) is 0 Å². The maximum atomic E-state index is 12.6. The first-order valence-corrected chi connectivity index (χ1v) is 3.37. The Kier molecular flexibility index (Phi) is 2.54. The Balaban J connectivity index is 3.14. The summed E-state index contributed by atoms with van der Waals surface area (Å²) in [5.41, 5.74) is -1.27. The molecular formula is C8H5F5. The molecule has 0 aliphatic rings. The number of benzene rings is 1. The summed E-state index contributed by atoms with van der Waals surface area (Å²) in [6.07, 6.45) is -3.90. The molecule has 0 amide bonds. The lowest BCUT2D eigenvalue weighted by Crippen LogP contribution is -2.24. The highest BCUT2D eigenvalue weighted by atomic mass is 19.3. The van der Waals surface area contributed by atoms with Gasteiger partial charge in [0.05, 0.1) is 5.56 Å². The number of hydrogen-bond donors (Lipinski definition) is 0. The van der Waals surface area contributed by atoms with Crippen LogP contribution in [-0.4, -0.2) is 6.43 Å². The van der Waals surface area contributed by atoms with Crippen molar-refractivity contribution in [1.29, 1.82) is 0 Å². The number of halogens is 5. The van der Waals surface area contributed by atoms with Crippen LogP contribution in [0.1, 0.15) is 5.56 Å². The molecule has 0 aliphatic heterocycles. The minimum atomic E-state index is -4.43. The zero-order chi connectivity index (χ0) is 10.1. The fraction of sp³-hybridized carbons (Fsp3) is 0.250. The second-order valence-corrected chi connectivity index (χ2v) is 2.40. The Morgan fingerprint density at radius 2 is 1.62 bits per heavy atom. The molecule has 0 spiro atoms. The molecule has 0 aliphatic carbocycles. The normalized spacial score (nSPS) is 12.2. The number of rotatable bonds is 2. The van der Waals surface area contributed by atoms with Crippen molar-refractivity contribution in [2.75, 3.05) is 0 Å². The van der Waals surface area contributed by atoms with Crippen molar-refractivity contribution in [2.45, 2.75) is 12.3 Å². The molecule has 1 aromatic rings. The van der Waals surface area contributed by atoms with Gasteiger partial charge >= 0.3 is 12.3 Å². The van der Waals surface area contributed by atoms with E-state index in [1.54, 1.807) is 0 Å². The first-order valence-electron chi connectivity index (χ1n) is 3.37. The largest absolute Gasteiger partial charge is 0.335 e. The van der Waals surface area contributed by atoms with Gasteiger partial charge in [-0.25, -0.2) is 13.2 Å². The lowest BCUT2D eigenvalue weighted by Gasteiger charge is -2.15. The highest BCUT2D eigenvalue weighted by molar-refractivity contribution is 5.22. The van der Waals surface area contributed by atoms with Crippen molar-refractivity contribution in [2.24, 2.45) is 0 Å². The summed E-state index contributed by atoms with van der Waals surface area (Å²) in [4.78, 5) is 0. The van der Waals surface area contributed by atoms with Crippen LogP contribution in [0.4, 0.5) is 22.0 Å². The van der Waals surface area contributed by atoms with Crippen molar-refractivity contribution < 1.29 is 22.0 Å². The summed E-state index contributed by atoms with van der Waals surface area (Å²) in [7, 11) is 0. The minimum Gasteiger partial charge on any atom is -0.206 e. The zero-order valence-electron chi connectivity index (χ0n) is 6.28. The fourth-order valence-electron chi connectivity index (χ4n) is 0.849. The SMILES string of the molecule is Fc1ccccc1C(F)(F)C(F)F. The van der Waals surface area contributed by atoms with E-state index < -0.39 is 23.7 Å². The second kappa shape index (κ2) is 3.32. The van der Waals surface area contributed by atoms with Gasteiger partial charge in [0.15, 0.2) is 0 Å². The molecule has 5 heteroatoms. The summed E-state index contributed by atoms with van der Waals surface area (Å²) in [5.74, 6) is -5.75. The van der Waals surface area contributed by atoms with Crippen molar-refractivity contribution in [1.82, 2.24) is 0 Å². The van der Waals surface area contributed by atoms with Crippen LogP contribution in [-0.2, 0) is 5.92 Å². The van der Waals surface area contributed by atoms with E-state index in [2.05, 4.69) is 0 Å². The van der Waals surface area contributed by atoms with Gasteiger partial charge in [-0.15, -0.1) is 0 Å². The lowest BCUT2D eigenvalue weighted by atomic mass is 10.1. The number of hydrogen-bond acceptors (Lipinski definition) is 0. The third-order valence-corrected chi connectivity index (χ3v) is 1.51. The standard InChI is InChI=1S/C8H5F5/c9-6-4-2-1-3-5(6)8(12,13)7(10)11/h1-4,7H. The van der Waals surface area contributed by atoms with E-state index in [0.29, 0.717) is 12.1 Å². The third kappa shape index (κ3) is 1.79. The monoisotopic (exact) mass is 196 g/mol. The average Bonchev–Trinajstić information content (AvgIpc) is 2.04. The highest BCUT2D eigenvalue weighted by Crippen LogP contribution is 2.35. The topological polar surface area (TPSA) is 0 Å². The Morgan fingerprint density at radius 3 is 2.08 bits per heavy atom. The lowest BCUT2D eigenvalue weighted by molar-refractivity contribution is -0.137. The number of alkyl halides is 4. The Morgan fingerprint density at radius 1 is 1.08 bits per heavy atom. The maximum absolute atomic E-state index is 12.6. The first kappa shape index (κ1) is 9.95. The van der Waals surface area contributed by atoms with Crippen molar-refractivity contribution in [3.8, 4) is 0 Å². The predicted molar refractivity (Wildman–Crippen MR) is 36.3 cm³/mol.